The number of nitrogens with zero attached hydrogens (tertiary/aromatic N) is 2. The molecule has 0 aromatic rings. The highest BCUT2D eigenvalue weighted by Crippen LogP contribution is 2.06. The van der Waals surface area contributed by atoms with Gasteiger partial charge in [0.05, 0.1) is 12.7 Å². The highest BCUT2D eigenvalue weighted by molar-refractivity contribution is 5.86. The van der Waals surface area contributed by atoms with Crippen LogP contribution in [0.15, 0.2) is 0 Å². The van der Waals surface area contributed by atoms with E-state index in [9.17, 15) is 4.79 Å². The third-order valence-corrected chi connectivity index (χ3v) is 4.33. The summed E-state index contributed by atoms with van der Waals surface area (Å²) in [6.45, 7) is 10.6. The fourth-order valence-corrected chi connectivity index (χ4v) is 2.78. The molecule has 0 radical (unpaired) electrons. The Kier molecular flexibility index (Phi) is 13.8. The maximum Gasteiger partial charge on any atom is 0.239 e. The summed E-state index contributed by atoms with van der Waals surface area (Å²) in [6, 6.07) is 0.163. The van der Waals surface area contributed by atoms with Gasteiger partial charge in [-0.15, -0.1) is 37.2 Å². The molecule has 0 aliphatic carbocycles. The Bertz CT molecular complexity index is 331. The smallest absolute Gasteiger partial charge is 0.239 e. The molecule has 0 bridgehead atoms. The maximum absolute atomic E-state index is 12.2. The van der Waals surface area contributed by atoms with Crippen LogP contribution in [0.2, 0.25) is 0 Å². The van der Waals surface area contributed by atoms with Gasteiger partial charge in [0.2, 0.25) is 5.91 Å². The van der Waals surface area contributed by atoms with Gasteiger partial charge in [0.1, 0.15) is 6.04 Å². The van der Waals surface area contributed by atoms with Gasteiger partial charge >= 0.3 is 0 Å². The van der Waals surface area contributed by atoms with Crippen molar-refractivity contribution >= 4 is 43.1 Å². The molecular formula is C14H31Cl3N4O2. The molecule has 2 saturated heterocycles. The fraction of sp³-hybridized carbons (Fsp3) is 0.929. The minimum atomic E-state index is -0.219. The van der Waals surface area contributed by atoms with Crippen LogP contribution >= 0.6 is 37.2 Å². The summed E-state index contributed by atoms with van der Waals surface area (Å²) in [6.07, 6.45) is -0.0531. The maximum atomic E-state index is 12.2. The van der Waals surface area contributed by atoms with E-state index in [1.54, 1.807) is 0 Å². The minimum Gasteiger partial charge on any atom is -0.375 e. The zero-order valence-electron chi connectivity index (χ0n) is 14.1. The van der Waals surface area contributed by atoms with Gasteiger partial charge in [-0.3, -0.25) is 9.69 Å². The van der Waals surface area contributed by atoms with Gasteiger partial charge in [-0.2, -0.15) is 0 Å². The van der Waals surface area contributed by atoms with E-state index in [0.717, 1.165) is 32.7 Å². The minimum absolute atomic E-state index is 0. The summed E-state index contributed by atoms with van der Waals surface area (Å²) in [5.41, 5.74) is 0. The lowest BCUT2D eigenvalue weighted by Gasteiger charge is -2.37. The van der Waals surface area contributed by atoms with E-state index >= 15 is 0 Å². The molecule has 23 heavy (non-hydrogen) atoms. The number of rotatable bonds is 4. The number of morpholine rings is 1. The van der Waals surface area contributed by atoms with E-state index in [2.05, 4.69) is 34.4 Å². The molecule has 2 aliphatic heterocycles. The second-order valence-corrected chi connectivity index (χ2v) is 5.94. The summed E-state index contributed by atoms with van der Waals surface area (Å²) >= 11 is 0. The van der Waals surface area contributed by atoms with Crippen LogP contribution in [0.1, 0.15) is 13.8 Å². The lowest BCUT2D eigenvalue weighted by Crippen LogP contribution is -2.57. The molecule has 6 nitrogen and oxygen atoms in total. The van der Waals surface area contributed by atoms with E-state index in [1.807, 2.05) is 6.92 Å². The quantitative estimate of drug-likeness (QED) is 0.723. The van der Waals surface area contributed by atoms with Crippen molar-refractivity contribution in [2.24, 2.45) is 0 Å². The number of hydrogen-bond acceptors (Lipinski definition) is 5. The number of likely N-dealkylation sites (N-methyl/N-ethyl adjacent to an activating group) is 1. The van der Waals surface area contributed by atoms with Crippen LogP contribution in [-0.4, -0.2) is 86.8 Å². The highest BCUT2D eigenvalue weighted by Gasteiger charge is 2.28. The first-order chi connectivity index (χ1) is 9.58. The first-order valence-electron chi connectivity index (χ1n) is 7.63. The van der Waals surface area contributed by atoms with E-state index in [-0.39, 0.29) is 55.3 Å². The van der Waals surface area contributed by atoms with Crippen molar-refractivity contribution in [3.8, 4) is 0 Å². The van der Waals surface area contributed by atoms with Crippen LogP contribution in [-0.2, 0) is 9.53 Å². The Labute approximate surface area is 158 Å². The largest absolute Gasteiger partial charge is 0.375 e. The van der Waals surface area contributed by atoms with E-state index in [0.29, 0.717) is 19.2 Å². The lowest BCUT2D eigenvalue weighted by molar-refractivity contribution is -0.129. The van der Waals surface area contributed by atoms with Gasteiger partial charge in [0, 0.05) is 45.3 Å². The first-order valence-corrected chi connectivity index (χ1v) is 7.63. The Balaban J connectivity index is 0. The van der Waals surface area contributed by atoms with E-state index in [1.165, 1.54) is 0 Å². The predicted molar refractivity (Wildman–Crippen MR) is 100 cm³/mol. The second kappa shape index (κ2) is 12.5. The molecule has 0 saturated carbocycles. The summed E-state index contributed by atoms with van der Waals surface area (Å²) in [5.74, 6) is 0.0539. The van der Waals surface area contributed by atoms with Crippen LogP contribution in [0.4, 0.5) is 0 Å². The number of amides is 1. The summed E-state index contributed by atoms with van der Waals surface area (Å²) in [4.78, 5) is 16.9. The second-order valence-electron chi connectivity index (χ2n) is 5.94. The number of carbonyl (C=O) groups excluding carboxylic acids is 1. The monoisotopic (exact) mass is 392 g/mol. The molecule has 2 heterocycles. The molecule has 2 fully saturated rings. The molecule has 1 amide bonds. The van der Waals surface area contributed by atoms with Crippen LogP contribution in [0.5, 0.6) is 0 Å². The molecule has 0 aromatic carbocycles. The molecular weight excluding hydrogens is 363 g/mol. The number of carbonyl (C=O) groups is 1. The first kappa shape index (κ1) is 25.4. The van der Waals surface area contributed by atoms with Crippen molar-refractivity contribution in [1.82, 2.24) is 20.4 Å². The van der Waals surface area contributed by atoms with Crippen LogP contribution in [0, 0.1) is 0 Å². The van der Waals surface area contributed by atoms with E-state index in [4.69, 9.17) is 4.74 Å². The Morgan fingerprint density at radius 2 is 1.87 bits per heavy atom. The Hall–Kier alpha value is 0.180. The van der Waals surface area contributed by atoms with E-state index < -0.39 is 0 Å². The summed E-state index contributed by atoms with van der Waals surface area (Å²) < 4.78 is 5.51. The molecule has 0 spiro atoms. The van der Waals surface area contributed by atoms with Gasteiger partial charge in [-0.25, -0.2) is 0 Å². The average molecular weight is 394 g/mol. The average Bonchev–Trinajstić information content (AvgIpc) is 2.45. The van der Waals surface area contributed by atoms with Gasteiger partial charge in [0.25, 0.3) is 0 Å². The predicted octanol–water partition coefficient (Wildman–Crippen LogP) is 0.381. The van der Waals surface area contributed by atoms with Crippen molar-refractivity contribution in [2.75, 3.05) is 52.9 Å². The number of nitrogens with one attached hydrogen (secondary N) is 2. The number of piperazine rings is 1. The fourth-order valence-electron chi connectivity index (χ4n) is 2.78. The molecule has 2 rings (SSSR count). The van der Waals surface area contributed by atoms with Crippen molar-refractivity contribution in [3.05, 3.63) is 0 Å². The van der Waals surface area contributed by atoms with Gasteiger partial charge in [0.15, 0.2) is 0 Å². The lowest BCUT2D eigenvalue weighted by atomic mass is 10.1. The van der Waals surface area contributed by atoms with Gasteiger partial charge in [-0.05, 0) is 20.9 Å². The molecule has 9 heteroatoms. The molecule has 2 N–H and O–H groups in total. The summed E-state index contributed by atoms with van der Waals surface area (Å²) in [7, 11) is 2.15. The number of halogens is 3. The highest BCUT2D eigenvalue weighted by atomic mass is 35.5. The molecule has 1 unspecified atom stereocenters. The summed E-state index contributed by atoms with van der Waals surface area (Å²) in [5, 5.41) is 6.27. The number of ether oxygens (including phenoxy) is 1. The third-order valence-electron chi connectivity index (χ3n) is 4.33. The van der Waals surface area contributed by atoms with Gasteiger partial charge < -0.3 is 20.3 Å². The van der Waals surface area contributed by atoms with Crippen LogP contribution in [0.25, 0.3) is 0 Å². The van der Waals surface area contributed by atoms with Crippen molar-refractivity contribution in [1.29, 1.82) is 0 Å². The van der Waals surface area contributed by atoms with Crippen LogP contribution in [0.3, 0.4) is 0 Å². The zero-order valence-corrected chi connectivity index (χ0v) is 16.6. The van der Waals surface area contributed by atoms with Gasteiger partial charge in [-0.1, -0.05) is 0 Å². The van der Waals surface area contributed by atoms with Crippen molar-refractivity contribution < 1.29 is 9.53 Å². The SMILES string of the molecule is CC(CNC(=O)[C@H]1NCCO[C@@H]1C)N1CCN(C)CC1.Cl.Cl.Cl. The third kappa shape index (κ3) is 7.73. The van der Waals surface area contributed by atoms with Crippen molar-refractivity contribution in [3.63, 3.8) is 0 Å². The normalized spacial score (nSPS) is 26.9. The standard InChI is InChI=1S/C14H28N4O2.3ClH/c1-11(18-7-5-17(3)6-8-18)10-16-14(19)13-12(2)20-9-4-15-13;;;/h11-13,15H,4-10H2,1-3H3,(H,16,19);3*1H/t11?,12-,13+;;;/m1.../s1. The topological polar surface area (TPSA) is 56.8 Å². The molecule has 0 aromatic heterocycles. The Morgan fingerprint density at radius 3 is 2.43 bits per heavy atom. The molecule has 140 valence electrons. The molecule has 3 atom stereocenters. The van der Waals surface area contributed by atoms with Crippen LogP contribution < -0.4 is 10.6 Å². The Morgan fingerprint density at radius 1 is 1.26 bits per heavy atom. The number of hydrogen-bond donors (Lipinski definition) is 2. The van der Waals surface area contributed by atoms with Crippen molar-refractivity contribution in [2.45, 2.75) is 32.0 Å². The molecule has 2 aliphatic rings. The zero-order chi connectivity index (χ0) is 14.5.